The van der Waals surface area contributed by atoms with E-state index in [0.717, 1.165) is 38.8 Å². The topological polar surface area (TPSA) is 40.6 Å². The molecule has 132 valence electrons. The highest BCUT2D eigenvalue weighted by molar-refractivity contribution is 5.78. The molecule has 22 heavy (non-hydrogen) atoms. The number of carbonyl (C=O) groups is 2. The molecule has 2 amide bonds. The molecular weight excluding hydrogens is 276 g/mol. The van der Waals surface area contributed by atoms with Crippen LogP contribution >= 0.6 is 0 Å². The molecule has 0 aliphatic heterocycles. The summed E-state index contributed by atoms with van der Waals surface area (Å²) in [5.74, 6) is 1.05. The second-order valence-electron chi connectivity index (χ2n) is 5.77. The third-order valence-corrected chi connectivity index (χ3v) is 4.19. The summed E-state index contributed by atoms with van der Waals surface area (Å²) in [6.07, 6.45) is 3.83. The molecule has 0 saturated heterocycles. The smallest absolute Gasteiger partial charge is 0.225 e. The van der Waals surface area contributed by atoms with Gasteiger partial charge in [0, 0.05) is 39.0 Å². The van der Waals surface area contributed by atoms with Gasteiger partial charge >= 0.3 is 0 Å². The van der Waals surface area contributed by atoms with E-state index in [2.05, 4.69) is 27.7 Å². The monoisotopic (exact) mass is 314 g/mol. The Hall–Kier alpha value is -1.06. The Balaban J connectivity index is 0. The molecule has 0 radical (unpaired) electrons. The molecule has 0 aliphatic carbocycles. The summed E-state index contributed by atoms with van der Waals surface area (Å²) in [4.78, 5) is 26.5. The van der Waals surface area contributed by atoms with Gasteiger partial charge in [-0.05, 0) is 39.5 Å². The van der Waals surface area contributed by atoms with Crippen molar-refractivity contribution >= 4 is 11.8 Å². The average Bonchev–Trinajstić information content (AvgIpc) is 2.51. The van der Waals surface area contributed by atoms with E-state index in [-0.39, 0.29) is 17.7 Å². The van der Waals surface area contributed by atoms with Crippen LogP contribution in [0.5, 0.6) is 0 Å². The third kappa shape index (κ3) is 8.40. The zero-order valence-corrected chi connectivity index (χ0v) is 16.1. The van der Waals surface area contributed by atoms with Crippen LogP contribution in [0.3, 0.4) is 0 Å². The number of rotatable bonds is 8. The first-order chi connectivity index (χ1) is 10.3. The van der Waals surface area contributed by atoms with E-state index in [1.165, 1.54) is 0 Å². The summed E-state index contributed by atoms with van der Waals surface area (Å²) < 4.78 is 0. The molecule has 0 bridgehead atoms. The van der Waals surface area contributed by atoms with Gasteiger partial charge < -0.3 is 9.80 Å². The molecular formula is C18H38N2O2. The first kappa shape index (κ1) is 23.2. The third-order valence-electron chi connectivity index (χ3n) is 4.19. The van der Waals surface area contributed by atoms with E-state index in [0.29, 0.717) is 5.91 Å². The first-order valence-corrected chi connectivity index (χ1v) is 8.84. The average molecular weight is 315 g/mol. The predicted octanol–water partition coefficient (Wildman–Crippen LogP) is 3.80. The lowest BCUT2D eigenvalue weighted by Gasteiger charge is -2.23. The van der Waals surface area contributed by atoms with Crippen molar-refractivity contribution in [1.82, 2.24) is 9.80 Å². The number of hydrogen-bond donors (Lipinski definition) is 0. The van der Waals surface area contributed by atoms with E-state index in [1.54, 1.807) is 19.0 Å². The van der Waals surface area contributed by atoms with Crippen LogP contribution in [0.4, 0.5) is 0 Å². The highest BCUT2D eigenvalue weighted by atomic mass is 16.2. The van der Waals surface area contributed by atoms with Gasteiger partial charge in [-0.1, -0.05) is 27.7 Å². The van der Waals surface area contributed by atoms with Crippen LogP contribution in [-0.2, 0) is 9.59 Å². The lowest BCUT2D eigenvalue weighted by molar-refractivity contribution is -0.135. The lowest BCUT2D eigenvalue weighted by Crippen LogP contribution is -2.35. The summed E-state index contributed by atoms with van der Waals surface area (Å²) >= 11 is 0. The van der Waals surface area contributed by atoms with Crippen LogP contribution in [0.25, 0.3) is 0 Å². The van der Waals surface area contributed by atoms with Crippen LogP contribution < -0.4 is 0 Å². The Bertz CT molecular complexity index is 277. The SMILES string of the molecule is CCC(CC)C(=O)N(C)C.CCC(CC)C(=O)N(CC)CC. The largest absolute Gasteiger partial charge is 0.349 e. The van der Waals surface area contributed by atoms with Gasteiger partial charge in [0.2, 0.25) is 11.8 Å². The molecule has 0 atom stereocenters. The molecule has 0 N–H and O–H groups in total. The van der Waals surface area contributed by atoms with Crippen molar-refractivity contribution in [2.24, 2.45) is 11.8 Å². The Morgan fingerprint density at radius 2 is 1.00 bits per heavy atom. The van der Waals surface area contributed by atoms with Crippen molar-refractivity contribution in [2.75, 3.05) is 27.2 Å². The number of amides is 2. The number of hydrogen-bond acceptors (Lipinski definition) is 2. The first-order valence-electron chi connectivity index (χ1n) is 8.84. The van der Waals surface area contributed by atoms with E-state index >= 15 is 0 Å². The van der Waals surface area contributed by atoms with Crippen LogP contribution in [0.1, 0.15) is 67.2 Å². The van der Waals surface area contributed by atoms with Crippen LogP contribution in [0, 0.1) is 11.8 Å². The van der Waals surface area contributed by atoms with Gasteiger partial charge in [-0.25, -0.2) is 0 Å². The van der Waals surface area contributed by atoms with Crippen molar-refractivity contribution < 1.29 is 9.59 Å². The Labute approximate surface area is 138 Å². The summed E-state index contributed by atoms with van der Waals surface area (Å²) in [5.41, 5.74) is 0. The molecule has 0 aliphatic rings. The van der Waals surface area contributed by atoms with E-state index in [9.17, 15) is 9.59 Å². The Kier molecular flexibility index (Phi) is 14.3. The highest BCUT2D eigenvalue weighted by Crippen LogP contribution is 2.11. The summed E-state index contributed by atoms with van der Waals surface area (Å²) in [6.45, 7) is 14.0. The van der Waals surface area contributed by atoms with Crippen LogP contribution in [0.15, 0.2) is 0 Å². The normalized spacial score (nSPS) is 10.3. The van der Waals surface area contributed by atoms with Gasteiger partial charge in [-0.2, -0.15) is 0 Å². The van der Waals surface area contributed by atoms with Crippen molar-refractivity contribution in [3.63, 3.8) is 0 Å². The lowest BCUT2D eigenvalue weighted by atomic mass is 10.0. The highest BCUT2D eigenvalue weighted by Gasteiger charge is 2.18. The molecule has 0 heterocycles. The maximum Gasteiger partial charge on any atom is 0.225 e. The van der Waals surface area contributed by atoms with Crippen molar-refractivity contribution in [3.8, 4) is 0 Å². The Morgan fingerprint density at radius 1 is 0.682 bits per heavy atom. The second kappa shape index (κ2) is 13.6. The van der Waals surface area contributed by atoms with Crippen LogP contribution in [-0.4, -0.2) is 48.8 Å². The second-order valence-corrected chi connectivity index (χ2v) is 5.77. The number of carbonyl (C=O) groups excluding carboxylic acids is 2. The van der Waals surface area contributed by atoms with Gasteiger partial charge in [0.15, 0.2) is 0 Å². The zero-order valence-electron chi connectivity index (χ0n) is 16.1. The standard InChI is InChI=1S/C10H21NO.C8H17NO/c1-5-9(6-2)10(12)11(7-3)8-4;1-5-7(6-2)8(10)9(3)4/h9H,5-8H2,1-4H3;7H,5-6H2,1-4H3. The van der Waals surface area contributed by atoms with E-state index in [1.807, 2.05) is 18.7 Å². The van der Waals surface area contributed by atoms with Gasteiger partial charge in [0.1, 0.15) is 0 Å². The van der Waals surface area contributed by atoms with E-state index < -0.39 is 0 Å². The van der Waals surface area contributed by atoms with Crippen molar-refractivity contribution in [1.29, 1.82) is 0 Å². The predicted molar refractivity (Wildman–Crippen MR) is 94.8 cm³/mol. The summed E-state index contributed by atoms with van der Waals surface area (Å²) in [5, 5.41) is 0. The van der Waals surface area contributed by atoms with Crippen molar-refractivity contribution in [3.05, 3.63) is 0 Å². The number of nitrogens with zero attached hydrogens (tertiary/aromatic N) is 2. The van der Waals surface area contributed by atoms with Gasteiger partial charge in [-0.3, -0.25) is 9.59 Å². The molecule has 0 saturated carbocycles. The molecule has 0 aromatic carbocycles. The van der Waals surface area contributed by atoms with Crippen LogP contribution in [0.2, 0.25) is 0 Å². The quantitative estimate of drug-likeness (QED) is 0.683. The van der Waals surface area contributed by atoms with E-state index in [4.69, 9.17) is 0 Å². The van der Waals surface area contributed by atoms with Gasteiger partial charge in [0.25, 0.3) is 0 Å². The minimum atomic E-state index is 0.231. The fourth-order valence-electron chi connectivity index (χ4n) is 2.43. The maximum absolute atomic E-state index is 11.7. The summed E-state index contributed by atoms with van der Waals surface area (Å²) in [7, 11) is 3.61. The molecule has 4 nitrogen and oxygen atoms in total. The maximum atomic E-state index is 11.7. The zero-order chi connectivity index (χ0) is 17.7. The minimum absolute atomic E-state index is 0.231. The Morgan fingerprint density at radius 3 is 1.18 bits per heavy atom. The molecule has 0 fully saturated rings. The van der Waals surface area contributed by atoms with Gasteiger partial charge in [0.05, 0.1) is 0 Å². The summed E-state index contributed by atoms with van der Waals surface area (Å²) in [6, 6.07) is 0. The molecule has 0 unspecified atom stereocenters. The molecule has 4 heteroatoms. The fraction of sp³-hybridized carbons (Fsp3) is 0.889. The van der Waals surface area contributed by atoms with Crippen molar-refractivity contribution in [2.45, 2.75) is 67.2 Å². The molecule has 0 rings (SSSR count). The van der Waals surface area contributed by atoms with Gasteiger partial charge in [-0.15, -0.1) is 0 Å². The minimum Gasteiger partial charge on any atom is -0.349 e. The molecule has 0 aromatic rings. The molecule has 0 aromatic heterocycles. The molecule has 0 spiro atoms. The fourth-order valence-corrected chi connectivity index (χ4v) is 2.43.